The Morgan fingerprint density at radius 2 is 2.20 bits per heavy atom. The molecular formula is C8H12O7. The van der Waals surface area contributed by atoms with Gasteiger partial charge in [0.25, 0.3) is 0 Å². The molecule has 1 fully saturated rings. The summed E-state index contributed by atoms with van der Waals surface area (Å²) in [6.07, 6.45) is -6.64. The van der Waals surface area contributed by atoms with Crippen LogP contribution in [-0.2, 0) is 19.1 Å². The largest absolute Gasteiger partial charge is 0.464 e. The molecule has 1 heterocycles. The van der Waals surface area contributed by atoms with Gasteiger partial charge in [0.15, 0.2) is 18.3 Å². The van der Waals surface area contributed by atoms with Gasteiger partial charge in [-0.05, 0) is 6.92 Å². The van der Waals surface area contributed by atoms with E-state index in [9.17, 15) is 19.8 Å². The first-order chi connectivity index (χ1) is 6.99. The van der Waals surface area contributed by atoms with Crippen LogP contribution in [0.1, 0.15) is 6.92 Å². The van der Waals surface area contributed by atoms with Crippen molar-refractivity contribution in [2.75, 3.05) is 6.61 Å². The normalized spacial score (nSPS) is 32.3. The molecular weight excluding hydrogens is 208 g/mol. The highest BCUT2D eigenvalue weighted by molar-refractivity contribution is 5.81. The summed E-state index contributed by atoms with van der Waals surface area (Å²) in [6, 6.07) is 0. The third-order valence-electron chi connectivity index (χ3n) is 1.99. The Balaban J connectivity index is 2.65. The van der Waals surface area contributed by atoms with Crippen LogP contribution in [0, 0.1) is 0 Å². The Morgan fingerprint density at radius 3 is 2.60 bits per heavy atom. The Labute approximate surface area is 85.2 Å². The number of hydrogen-bond acceptors (Lipinski definition) is 7. The molecule has 0 aromatic rings. The molecule has 0 bridgehead atoms. The molecule has 0 unspecified atom stereocenters. The second-order valence-corrected chi connectivity index (χ2v) is 3.03. The molecule has 4 atom stereocenters. The van der Waals surface area contributed by atoms with Gasteiger partial charge in [0.2, 0.25) is 0 Å². The van der Waals surface area contributed by atoms with Crippen LogP contribution in [0.4, 0.5) is 0 Å². The maximum absolute atomic E-state index is 11.0. The summed E-state index contributed by atoms with van der Waals surface area (Å²) in [4.78, 5) is 21.8. The van der Waals surface area contributed by atoms with Crippen molar-refractivity contribution in [3.63, 3.8) is 0 Å². The lowest BCUT2D eigenvalue weighted by atomic mass is 10.1. The summed E-state index contributed by atoms with van der Waals surface area (Å²) < 4.78 is 8.89. The molecule has 3 N–H and O–H groups in total. The fraction of sp³-hybridized carbons (Fsp3) is 0.750. The fourth-order valence-corrected chi connectivity index (χ4v) is 1.21. The molecule has 0 amide bonds. The highest BCUT2D eigenvalue weighted by Crippen LogP contribution is 2.19. The molecule has 86 valence electrons. The molecule has 0 radical (unpaired) electrons. The third-order valence-corrected chi connectivity index (χ3v) is 1.99. The van der Waals surface area contributed by atoms with Crippen LogP contribution in [0.5, 0.6) is 0 Å². The number of cyclic esters (lactones) is 1. The number of ether oxygens (including phenoxy) is 2. The maximum atomic E-state index is 11.0. The van der Waals surface area contributed by atoms with Gasteiger partial charge in [-0.15, -0.1) is 0 Å². The molecule has 15 heavy (non-hydrogen) atoms. The number of esters is 2. The Morgan fingerprint density at radius 1 is 1.60 bits per heavy atom. The average Bonchev–Trinajstić information content (AvgIpc) is 2.45. The molecule has 7 heteroatoms. The van der Waals surface area contributed by atoms with E-state index in [1.54, 1.807) is 0 Å². The van der Waals surface area contributed by atoms with Crippen LogP contribution in [0.25, 0.3) is 0 Å². The first-order valence-corrected chi connectivity index (χ1v) is 4.40. The van der Waals surface area contributed by atoms with Crippen LogP contribution in [0.2, 0.25) is 0 Å². The van der Waals surface area contributed by atoms with Gasteiger partial charge in [-0.3, -0.25) is 0 Å². The maximum Gasteiger partial charge on any atom is 0.339 e. The van der Waals surface area contributed by atoms with E-state index in [-0.39, 0.29) is 6.61 Å². The summed E-state index contributed by atoms with van der Waals surface area (Å²) in [7, 11) is 0. The summed E-state index contributed by atoms with van der Waals surface area (Å²) in [6.45, 7) is 1.59. The zero-order valence-electron chi connectivity index (χ0n) is 7.99. The lowest BCUT2D eigenvalue weighted by molar-refractivity contribution is -0.166. The van der Waals surface area contributed by atoms with Crippen LogP contribution >= 0.6 is 0 Å². The number of aliphatic hydroxyl groups excluding tert-OH is 3. The van der Waals surface area contributed by atoms with E-state index in [4.69, 9.17) is 5.11 Å². The molecule has 0 spiro atoms. The standard InChI is InChI=1S/C8H12O7/c1-2-14-7(12)5(11)6-3(9)4(10)8(13)15-6/h3-6,9-11H,2H2,1H3/t3-,4+,5-,6+/m1/s1. The Kier molecular flexibility index (Phi) is 3.61. The predicted molar refractivity (Wildman–Crippen MR) is 44.5 cm³/mol. The van der Waals surface area contributed by atoms with Gasteiger partial charge in [0, 0.05) is 0 Å². The smallest absolute Gasteiger partial charge is 0.339 e. The SMILES string of the molecule is CCOC(=O)[C@H](O)[C@H]1OC(=O)[C@@H](O)[C@H]1O. The van der Waals surface area contributed by atoms with Crippen molar-refractivity contribution in [2.45, 2.75) is 31.3 Å². The lowest BCUT2D eigenvalue weighted by Gasteiger charge is -2.18. The Bertz CT molecular complexity index is 264. The lowest BCUT2D eigenvalue weighted by Crippen LogP contribution is -2.43. The van der Waals surface area contributed by atoms with Crippen LogP contribution in [-0.4, -0.2) is 58.3 Å². The number of carbonyl (C=O) groups excluding carboxylic acids is 2. The topological polar surface area (TPSA) is 113 Å². The second-order valence-electron chi connectivity index (χ2n) is 3.03. The summed E-state index contributed by atoms with van der Waals surface area (Å²) in [5.74, 6) is -2.08. The van der Waals surface area contributed by atoms with E-state index in [1.807, 2.05) is 0 Å². The van der Waals surface area contributed by atoms with E-state index in [0.29, 0.717) is 0 Å². The van der Waals surface area contributed by atoms with Crippen molar-refractivity contribution in [3.8, 4) is 0 Å². The van der Waals surface area contributed by atoms with Crippen LogP contribution < -0.4 is 0 Å². The van der Waals surface area contributed by atoms with Gasteiger partial charge in [-0.2, -0.15) is 0 Å². The van der Waals surface area contributed by atoms with Crippen molar-refractivity contribution < 1.29 is 34.4 Å². The quantitative estimate of drug-likeness (QED) is 0.453. The molecule has 0 aliphatic carbocycles. The number of aliphatic hydroxyl groups is 3. The zero-order valence-corrected chi connectivity index (χ0v) is 7.99. The number of rotatable bonds is 3. The molecule has 0 aromatic carbocycles. The van der Waals surface area contributed by atoms with Crippen molar-refractivity contribution in [3.05, 3.63) is 0 Å². The molecule has 7 nitrogen and oxygen atoms in total. The first-order valence-electron chi connectivity index (χ1n) is 4.40. The monoisotopic (exact) mass is 220 g/mol. The molecule has 1 saturated heterocycles. The van der Waals surface area contributed by atoms with Gasteiger partial charge in [-0.1, -0.05) is 0 Å². The first kappa shape index (κ1) is 11.9. The Hall–Kier alpha value is -1.18. The van der Waals surface area contributed by atoms with Gasteiger partial charge < -0.3 is 24.8 Å². The van der Waals surface area contributed by atoms with Crippen LogP contribution in [0.15, 0.2) is 0 Å². The molecule has 0 aromatic heterocycles. The second kappa shape index (κ2) is 4.56. The summed E-state index contributed by atoms with van der Waals surface area (Å²) >= 11 is 0. The van der Waals surface area contributed by atoms with E-state index >= 15 is 0 Å². The number of carbonyl (C=O) groups is 2. The van der Waals surface area contributed by atoms with Crippen LogP contribution in [0.3, 0.4) is 0 Å². The molecule has 1 aliphatic rings. The van der Waals surface area contributed by atoms with E-state index in [0.717, 1.165) is 0 Å². The van der Waals surface area contributed by atoms with Crippen molar-refractivity contribution in [1.29, 1.82) is 0 Å². The van der Waals surface area contributed by atoms with E-state index in [2.05, 4.69) is 9.47 Å². The van der Waals surface area contributed by atoms with Crippen molar-refractivity contribution in [2.24, 2.45) is 0 Å². The van der Waals surface area contributed by atoms with Gasteiger partial charge in [-0.25, -0.2) is 9.59 Å². The predicted octanol–water partition coefficient (Wildman–Crippen LogP) is -2.44. The highest BCUT2D eigenvalue weighted by atomic mass is 16.6. The van der Waals surface area contributed by atoms with E-state index < -0.39 is 36.4 Å². The van der Waals surface area contributed by atoms with Gasteiger partial charge in [0.05, 0.1) is 6.61 Å². The third kappa shape index (κ3) is 2.25. The highest BCUT2D eigenvalue weighted by Gasteiger charge is 2.48. The summed E-state index contributed by atoms with van der Waals surface area (Å²) in [5, 5.41) is 27.6. The fourth-order valence-electron chi connectivity index (χ4n) is 1.21. The minimum absolute atomic E-state index is 0.0508. The number of hydrogen-bond donors (Lipinski definition) is 3. The van der Waals surface area contributed by atoms with Crippen molar-refractivity contribution >= 4 is 11.9 Å². The zero-order chi connectivity index (χ0) is 11.6. The van der Waals surface area contributed by atoms with E-state index in [1.165, 1.54) is 6.92 Å². The summed E-state index contributed by atoms with van der Waals surface area (Å²) in [5.41, 5.74) is 0. The van der Waals surface area contributed by atoms with Crippen molar-refractivity contribution in [1.82, 2.24) is 0 Å². The molecule has 1 rings (SSSR count). The van der Waals surface area contributed by atoms with Gasteiger partial charge >= 0.3 is 11.9 Å². The minimum Gasteiger partial charge on any atom is -0.464 e. The minimum atomic E-state index is -1.79. The average molecular weight is 220 g/mol. The molecule has 0 saturated carbocycles. The van der Waals surface area contributed by atoms with Gasteiger partial charge in [0.1, 0.15) is 6.10 Å². The molecule has 1 aliphatic heterocycles.